The molecular formula is C20H16N3O2. The van der Waals surface area contributed by atoms with Gasteiger partial charge in [-0.25, -0.2) is 0 Å². The molecule has 0 unspecified atom stereocenters. The van der Waals surface area contributed by atoms with Gasteiger partial charge in [-0.1, -0.05) is 48.5 Å². The van der Waals surface area contributed by atoms with Crippen molar-refractivity contribution in [3.8, 4) is 11.1 Å². The standard InChI is InChI=1S/C20H16N3O2/c1-11-17(21)10-16(20(19(11)22)23(24)25)18-14-8-4-2-6-12(14)13-7-3-5-9-15(13)18/h2-10,18H,1,21-22H2. The number of hydrogen-bond acceptors (Lipinski definition) is 4. The number of nitro groups is 1. The predicted molar refractivity (Wildman–Crippen MR) is 99.2 cm³/mol. The SMILES string of the molecule is [CH2]c1c(N)cc(C2c3ccccc3-c3ccccc32)c([N+](=O)[O-])c1N. The van der Waals surface area contributed by atoms with Crippen LogP contribution in [0.15, 0.2) is 54.6 Å². The number of anilines is 2. The summed E-state index contributed by atoms with van der Waals surface area (Å²) in [6.07, 6.45) is 0. The maximum Gasteiger partial charge on any atom is 0.296 e. The number of nitrogens with two attached hydrogens (primary N) is 2. The molecule has 5 heteroatoms. The molecule has 25 heavy (non-hydrogen) atoms. The molecule has 3 aromatic rings. The van der Waals surface area contributed by atoms with E-state index in [1.165, 1.54) is 0 Å². The third kappa shape index (κ3) is 2.09. The van der Waals surface area contributed by atoms with E-state index in [2.05, 4.69) is 6.92 Å². The number of benzene rings is 3. The average molecular weight is 330 g/mol. The summed E-state index contributed by atoms with van der Waals surface area (Å²) in [5, 5.41) is 11.7. The number of hydrogen-bond donors (Lipinski definition) is 2. The highest BCUT2D eigenvalue weighted by Gasteiger charge is 2.35. The van der Waals surface area contributed by atoms with Gasteiger partial charge in [-0.3, -0.25) is 10.1 Å². The Morgan fingerprint density at radius 3 is 1.96 bits per heavy atom. The van der Waals surface area contributed by atoms with Crippen LogP contribution in [0.5, 0.6) is 0 Å². The highest BCUT2D eigenvalue weighted by atomic mass is 16.6. The van der Waals surface area contributed by atoms with Crippen LogP contribution in [-0.2, 0) is 0 Å². The maximum absolute atomic E-state index is 11.7. The van der Waals surface area contributed by atoms with Crippen molar-refractivity contribution >= 4 is 17.1 Å². The van der Waals surface area contributed by atoms with E-state index in [0.717, 1.165) is 22.3 Å². The van der Waals surface area contributed by atoms with E-state index in [-0.39, 0.29) is 17.3 Å². The van der Waals surface area contributed by atoms with Crippen LogP contribution in [0.2, 0.25) is 0 Å². The molecule has 0 amide bonds. The molecule has 0 spiro atoms. The fourth-order valence-electron chi connectivity index (χ4n) is 3.69. The summed E-state index contributed by atoms with van der Waals surface area (Å²) < 4.78 is 0. The van der Waals surface area contributed by atoms with E-state index < -0.39 is 4.92 Å². The molecule has 0 saturated heterocycles. The molecule has 0 bridgehead atoms. The Hall–Kier alpha value is -3.34. The molecule has 5 nitrogen and oxygen atoms in total. The molecule has 3 aromatic carbocycles. The van der Waals surface area contributed by atoms with Crippen LogP contribution in [0.4, 0.5) is 17.1 Å². The molecule has 0 saturated carbocycles. The lowest BCUT2D eigenvalue weighted by atomic mass is 9.86. The lowest BCUT2D eigenvalue weighted by Crippen LogP contribution is -2.09. The van der Waals surface area contributed by atoms with Crippen LogP contribution in [-0.4, -0.2) is 4.92 Å². The zero-order chi connectivity index (χ0) is 17.7. The minimum atomic E-state index is -0.442. The first-order valence-electron chi connectivity index (χ1n) is 7.87. The number of nitrogen functional groups attached to an aromatic ring is 2. The summed E-state index contributed by atoms with van der Waals surface area (Å²) in [6.45, 7) is 3.76. The molecule has 0 heterocycles. The van der Waals surface area contributed by atoms with Gasteiger partial charge in [0.25, 0.3) is 5.69 Å². The Labute approximate surface area is 145 Å². The Morgan fingerprint density at radius 1 is 0.920 bits per heavy atom. The molecule has 0 aromatic heterocycles. The Bertz CT molecular complexity index is 982. The van der Waals surface area contributed by atoms with Gasteiger partial charge in [0.2, 0.25) is 0 Å². The van der Waals surface area contributed by atoms with Crippen molar-refractivity contribution in [2.75, 3.05) is 11.5 Å². The van der Waals surface area contributed by atoms with Crippen LogP contribution in [0, 0.1) is 17.0 Å². The van der Waals surface area contributed by atoms with E-state index in [0.29, 0.717) is 16.8 Å². The maximum atomic E-state index is 11.7. The van der Waals surface area contributed by atoms with Crippen molar-refractivity contribution in [3.05, 3.63) is 93.9 Å². The van der Waals surface area contributed by atoms with Crippen LogP contribution in [0.1, 0.15) is 28.2 Å². The summed E-state index contributed by atoms with van der Waals surface area (Å²) in [5.41, 5.74) is 17.3. The van der Waals surface area contributed by atoms with Gasteiger partial charge in [-0.2, -0.15) is 0 Å². The summed E-state index contributed by atoms with van der Waals surface area (Å²) in [7, 11) is 0. The zero-order valence-corrected chi connectivity index (χ0v) is 13.4. The average Bonchev–Trinajstić information content (AvgIpc) is 2.93. The van der Waals surface area contributed by atoms with Crippen LogP contribution in [0.25, 0.3) is 11.1 Å². The molecule has 4 rings (SSSR count). The third-order valence-corrected chi connectivity index (χ3v) is 4.84. The lowest BCUT2D eigenvalue weighted by Gasteiger charge is -2.17. The summed E-state index contributed by atoms with van der Waals surface area (Å²) in [6, 6.07) is 17.5. The quantitative estimate of drug-likeness (QED) is 0.328. The number of rotatable bonds is 2. The molecule has 1 aliphatic rings. The molecule has 4 N–H and O–H groups in total. The molecule has 1 radical (unpaired) electrons. The predicted octanol–water partition coefficient (Wildman–Crippen LogP) is 4.10. The van der Waals surface area contributed by atoms with Gasteiger partial charge in [-0.05, 0) is 35.2 Å². The fraction of sp³-hybridized carbons (Fsp3) is 0.0500. The first-order chi connectivity index (χ1) is 12.0. The highest BCUT2D eigenvalue weighted by molar-refractivity contribution is 5.84. The van der Waals surface area contributed by atoms with Gasteiger partial charge in [0.1, 0.15) is 5.69 Å². The summed E-state index contributed by atoms with van der Waals surface area (Å²) in [4.78, 5) is 11.3. The van der Waals surface area contributed by atoms with Crippen molar-refractivity contribution in [3.63, 3.8) is 0 Å². The second-order valence-corrected chi connectivity index (χ2v) is 6.16. The molecule has 1 aliphatic carbocycles. The van der Waals surface area contributed by atoms with Crippen molar-refractivity contribution in [2.45, 2.75) is 5.92 Å². The molecule has 0 atom stereocenters. The van der Waals surface area contributed by atoms with E-state index in [4.69, 9.17) is 11.5 Å². The Morgan fingerprint density at radius 2 is 1.44 bits per heavy atom. The largest absolute Gasteiger partial charge is 0.398 e. The summed E-state index contributed by atoms with van der Waals surface area (Å²) >= 11 is 0. The number of fused-ring (bicyclic) bond motifs is 3. The first kappa shape index (κ1) is 15.2. The Kier molecular flexibility index (Phi) is 3.25. The van der Waals surface area contributed by atoms with E-state index in [1.807, 2.05) is 48.5 Å². The van der Waals surface area contributed by atoms with Crippen LogP contribution >= 0.6 is 0 Å². The lowest BCUT2D eigenvalue weighted by molar-refractivity contribution is -0.384. The monoisotopic (exact) mass is 330 g/mol. The second-order valence-electron chi connectivity index (χ2n) is 6.16. The van der Waals surface area contributed by atoms with E-state index in [1.54, 1.807) is 6.07 Å². The van der Waals surface area contributed by atoms with E-state index >= 15 is 0 Å². The van der Waals surface area contributed by atoms with Gasteiger partial charge in [0.05, 0.1) is 4.92 Å². The van der Waals surface area contributed by atoms with Crippen molar-refractivity contribution in [1.29, 1.82) is 0 Å². The summed E-state index contributed by atoms with van der Waals surface area (Å²) in [5.74, 6) is -0.280. The first-order valence-corrected chi connectivity index (χ1v) is 7.87. The van der Waals surface area contributed by atoms with Crippen molar-refractivity contribution in [2.24, 2.45) is 0 Å². The molecule has 0 fully saturated rings. The third-order valence-electron chi connectivity index (χ3n) is 4.84. The fourth-order valence-corrected chi connectivity index (χ4v) is 3.69. The number of nitrogens with zero attached hydrogens (tertiary/aromatic N) is 1. The normalized spacial score (nSPS) is 12.7. The molecular weight excluding hydrogens is 314 g/mol. The van der Waals surface area contributed by atoms with Crippen LogP contribution in [0.3, 0.4) is 0 Å². The van der Waals surface area contributed by atoms with Gasteiger partial charge >= 0.3 is 0 Å². The zero-order valence-electron chi connectivity index (χ0n) is 13.4. The second kappa shape index (κ2) is 5.34. The minimum absolute atomic E-state index is 0.0295. The highest BCUT2D eigenvalue weighted by Crippen LogP contribution is 2.51. The molecule has 0 aliphatic heterocycles. The Balaban J connectivity index is 2.08. The van der Waals surface area contributed by atoms with Gasteiger partial charge in [0, 0.05) is 22.7 Å². The minimum Gasteiger partial charge on any atom is -0.398 e. The van der Waals surface area contributed by atoms with Gasteiger partial charge < -0.3 is 11.5 Å². The smallest absolute Gasteiger partial charge is 0.296 e. The topological polar surface area (TPSA) is 95.2 Å². The van der Waals surface area contributed by atoms with Crippen molar-refractivity contribution < 1.29 is 4.92 Å². The van der Waals surface area contributed by atoms with E-state index in [9.17, 15) is 10.1 Å². The molecule has 123 valence electrons. The van der Waals surface area contributed by atoms with Crippen molar-refractivity contribution in [1.82, 2.24) is 0 Å². The van der Waals surface area contributed by atoms with Gasteiger partial charge in [0.15, 0.2) is 0 Å². The number of nitro benzene ring substituents is 1. The van der Waals surface area contributed by atoms with Crippen LogP contribution < -0.4 is 11.5 Å². The van der Waals surface area contributed by atoms with Gasteiger partial charge in [-0.15, -0.1) is 0 Å².